The van der Waals surface area contributed by atoms with Gasteiger partial charge < -0.3 is 0 Å². The molecular formula is C49H82N2Ni. The zero-order valence-corrected chi connectivity index (χ0v) is 35.7. The topological polar surface area (TPSA) is 24.7 Å². The average molecular weight is 758 g/mol. The fourth-order valence-electron chi connectivity index (χ4n) is 7.24. The first-order chi connectivity index (χ1) is 25.2. The molecule has 2 rings (SSSR count). The monoisotopic (exact) mass is 757 g/mol. The molecule has 3 heteroatoms. The van der Waals surface area contributed by atoms with Crippen LogP contribution in [0.4, 0.5) is 11.4 Å². The van der Waals surface area contributed by atoms with Crippen LogP contribution in [0.2, 0.25) is 0 Å². The Morgan fingerprint density at radius 1 is 0.365 bits per heavy atom. The summed E-state index contributed by atoms with van der Waals surface area (Å²) in [5.41, 5.74) is 7.14. The van der Waals surface area contributed by atoms with Gasteiger partial charge in [-0.05, 0) is 80.8 Å². The van der Waals surface area contributed by atoms with Crippen LogP contribution in [-0.2, 0) is 29.3 Å². The van der Waals surface area contributed by atoms with Gasteiger partial charge in [-0.15, -0.1) is 0 Å². The smallest absolute Gasteiger partial charge is 0.0633 e. The van der Waals surface area contributed by atoms with Crippen LogP contribution in [0.1, 0.15) is 225 Å². The predicted molar refractivity (Wildman–Crippen MR) is 231 cm³/mol. The summed E-state index contributed by atoms with van der Waals surface area (Å²) in [6.07, 6.45) is 42.3. The Kier molecular flexibility index (Phi) is 32.5. The molecule has 0 saturated carbocycles. The van der Waals surface area contributed by atoms with Gasteiger partial charge in [0, 0.05) is 16.5 Å². The van der Waals surface area contributed by atoms with E-state index in [2.05, 4.69) is 76.2 Å². The van der Waals surface area contributed by atoms with E-state index < -0.39 is 0 Å². The van der Waals surface area contributed by atoms with E-state index in [0.717, 1.165) is 42.1 Å². The number of aliphatic imine (C=N–C) groups is 2. The van der Waals surface area contributed by atoms with Crippen molar-refractivity contribution >= 4 is 22.8 Å². The minimum atomic E-state index is 0. The summed E-state index contributed by atoms with van der Waals surface area (Å²) in [5, 5.41) is 0. The van der Waals surface area contributed by atoms with E-state index in [4.69, 9.17) is 9.98 Å². The number of nitrogens with zero attached hydrogens (tertiary/aromatic N) is 2. The van der Waals surface area contributed by atoms with Crippen LogP contribution in [0, 0.1) is 0 Å². The van der Waals surface area contributed by atoms with E-state index >= 15 is 0 Å². The van der Waals surface area contributed by atoms with Crippen molar-refractivity contribution in [1.29, 1.82) is 0 Å². The average Bonchev–Trinajstić information content (AvgIpc) is 3.15. The van der Waals surface area contributed by atoms with Crippen LogP contribution in [0.25, 0.3) is 0 Å². The molecule has 0 fully saturated rings. The Morgan fingerprint density at radius 3 is 0.981 bits per heavy atom. The van der Waals surface area contributed by atoms with Crippen molar-refractivity contribution in [2.75, 3.05) is 0 Å². The molecule has 2 nitrogen and oxygen atoms in total. The molecule has 0 heterocycles. The van der Waals surface area contributed by atoms with Gasteiger partial charge in [-0.3, -0.25) is 9.98 Å². The molecule has 0 unspecified atom stereocenters. The molecule has 0 radical (unpaired) electrons. The van der Waals surface area contributed by atoms with Gasteiger partial charge in [-0.2, -0.15) is 0 Å². The third-order valence-electron chi connectivity index (χ3n) is 10.8. The number of benzene rings is 2. The fraction of sp³-hybridized carbons (Fsp3) is 0.714. The molecule has 0 aliphatic heterocycles. The van der Waals surface area contributed by atoms with E-state index in [0.29, 0.717) is 0 Å². The fourth-order valence-corrected chi connectivity index (χ4v) is 7.24. The largest absolute Gasteiger partial charge is 0.252 e. The van der Waals surface area contributed by atoms with E-state index in [1.54, 1.807) is 0 Å². The molecule has 0 aliphatic carbocycles. The molecule has 0 atom stereocenters. The zero-order chi connectivity index (χ0) is 36.5. The van der Waals surface area contributed by atoms with Crippen LogP contribution in [-0.4, -0.2) is 11.4 Å². The first kappa shape index (κ1) is 48.3. The number of aryl methyl sites for hydroxylation is 2. The molecule has 0 N–H and O–H groups in total. The maximum absolute atomic E-state index is 5.11. The van der Waals surface area contributed by atoms with Crippen molar-refractivity contribution < 1.29 is 16.5 Å². The Morgan fingerprint density at radius 2 is 0.654 bits per heavy atom. The van der Waals surface area contributed by atoms with Gasteiger partial charge in [0.05, 0.1) is 22.8 Å². The maximum Gasteiger partial charge on any atom is 0.0633 e. The van der Waals surface area contributed by atoms with E-state index in [1.165, 1.54) is 191 Å². The van der Waals surface area contributed by atoms with E-state index in [9.17, 15) is 0 Å². The van der Waals surface area contributed by atoms with Crippen LogP contribution >= 0.6 is 0 Å². The Bertz CT molecular complexity index is 1120. The standard InChI is InChI=1S/C49H82N2.Ni/c1-5-8-11-13-15-17-19-21-23-25-27-29-31-33-45-36-40-47(41-37-45)50-44(4)49(35-10-7-3)51-48-42-38-46(39-43-48)34-32-30-28-26-24-22-20-18-16-14-12-9-6-2;/h36-43H,5-35H2,1-4H3;. The summed E-state index contributed by atoms with van der Waals surface area (Å²) in [7, 11) is 0. The van der Waals surface area contributed by atoms with Crippen LogP contribution < -0.4 is 0 Å². The molecule has 2 aromatic rings. The SMILES string of the molecule is CCCCCCCCCCCCCCCc1ccc(N=C(C)C(CCCC)=Nc2ccc(CCCCCCCCCCCCCCC)cc2)cc1.[Ni]. The molecule has 0 amide bonds. The van der Waals surface area contributed by atoms with Crippen molar-refractivity contribution in [3.05, 3.63) is 59.7 Å². The van der Waals surface area contributed by atoms with Gasteiger partial charge in [0.25, 0.3) is 0 Å². The van der Waals surface area contributed by atoms with Gasteiger partial charge >= 0.3 is 0 Å². The van der Waals surface area contributed by atoms with Gasteiger partial charge in [-0.1, -0.05) is 206 Å². The minimum absolute atomic E-state index is 0. The van der Waals surface area contributed by atoms with Gasteiger partial charge in [-0.25, -0.2) is 0 Å². The minimum Gasteiger partial charge on any atom is -0.252 e. The molecule has 0 saturated heterocycles. The molecular weight excluding hydrogens is 675 g/mol. The number of hydrogen-bond donors (Lipinski definition) is 0. The third-order valence-corrected chi connectivity index (χ3v) is 10.8. The first-order valence-corrected chi connectivity index (χ1v) is 22.5. The first-order valence-electron chi connectivity index (χ1n) is 22.5. The normalized spacial score (nSPS) is 12.0. The third kappa shape index (κ3) is 26.1. The second-order valence-electron chi connectivity index (χ2n) is 15.7. The maximum atomic E-state index is 5.11. The van der Waals surface area contributed by atoms with Gasteiger partial charge in [0.1, 0.15) is 0 Å². The van der Waals surface area contributed by atoms with Crippen molar-refractivity contribution in [2.45, 2.75) is 227 Å². The zero-order valence-electron chi connectivity index (χ0n) is 34.7. The predicted octanol–water partition coefficient (Wildman–Crippen LogP) is 17.0. The van der Waals surface area contributed by atoms with Crippen molar-refractivity contribution in [2.24, 2.45) is 9.98 Å². The molecule has 2 aromatic carbocycles. The summed E-state index contributed by atoms with van der Waals surface area (Å²) in [4.78, 5) is 10.1. The summed E-state index contributed by atoms with van der Waals surface area (Å²) >= 11 is 0. The Labute approximate surface area is 334 Å². The second-order valence-corrected chi connectivity index (χ2v) is 15.7. The molecule has 0 bridgehead atoms. The Balaban J connectivity index is 0.0000135. The number of unbranched alkanes of at least 4 members (excludes halogenated alkanes) is 25. The van der Waals surface area contributed by atoms with Crippen LogP contribution in [0.15, 0.2) is 58.5 Å². The van der Waals surface area contributed by atoms with Crippen LogP contribution in [0.5, 0.6) is 0 Å². The molecule has 0 spiro atoms. The Hall–Kier alpha value is -1.73. The van der Waals surface area contributed by atoms with E-state index in [1.807, 2.05) is 0 Å². The second kappa shape index (κ2) is 35.0. The van der Waals surface area contributed by atoms with Crippen LogP contribution in [0.3, 0.4) is 0 Å². The van der Waals surface area contributed by atoms with Gasteiger partial charge in [0.2, 0.25) is 0 Å². The number of hydrogen-bond acceptors (Lipinski definition) is 2. The summed E-state index contributed by atoms with van der Waals surface area (Å²) in [5.74, 6) is 0. The quantitative estimate of drug-likeness (QED) is 0.0386. The van der Waals surface area contributed by atoms with E-state index in [-0.39, 0.29) is 16.5 Å². The molecule has 52 heavy (non-hydrogen) atoms. The number of rotatable bonds is 34. The summed E-state index contributed by atoms with van der Waals surface area (Å²) in [6, 6.07) is 18.0. The molecule has 0 aliphatic rings. The molecule has 298 valence electrons. The van der Waals surface area contributed by atoms with Crippen molar-refractivity contribution in [3.8, 4) is 0 Å². The molecule has 0 aromatic heterocycles. The summed E-state index contributed by atoms with van der Waals surface area (Å²) < 4.78 is 0. The summed E-state index contributed by atoms with van der Waals surface area (Å²) in [6.45, 7) is 8.99. The van der Waals surface area contributed by atoms with Crippen molar-refractivity contribution in [1.82, 2.24) is 0 Å². The van der Waals surface area contributed by atoms with Gasteiger partial charge in [0.15, 0.2) is 0 Å². The van der Waals surface area contributed by atoms with Crippen molar-refractivity contribution in [3.63, 3.8) is 0 Å².